The Morgan fingerprint density at radius 3 is 1.84 bits per heavy atom. The van der Waals surface area contributed by atoms with Gasteiger partial charge in [-0.05, 0) is 0 Å². The topological polar surface area (TPSA) is 300 Å². The van der Waals surface area contributed by atoms with Gasteiger partial charge in [0.05, 0.1) is 25.9 Å². The monoisotopic (exact) mass is 644 g/mol. The molecule has 23 heteroatoms. The molecule has 2 saturated heterocycles. The Balaban J connectivity index is 1.14. The van der Waals surface area contributed by atoms with Crippen LogP contribution in [0.3, 0.4) is 0 Å². The highest BCUT2D eigenvalue weighted by Gasteiger charge is 2.45. The van der Waals surface area contributed by atoms with Gasteiger partial charge in [-0.3, -0.25) is 22.7 Å². The lowest BCUT2D eigenvalue weighted by Crippen LogP contribution is -2.30. The molecule has 1 unspecified atom stereocenters. The standard InChI is InChI=1S/C20H26N10O11P2/c21-17-15-19(25-5-23-17)29(7-27-15)13-1-9(11(3-31)38-13)41-43(35,36)37-4-12-10(40-42(32,33)34)2-14(39-12)30-8-28-16-18(22)24-6-26-20(16)30/h5-14,31H,1-4H2,(H,35,36)(H2,21,23,25)(H2,22,24,26)(H2,32,33,34)/t9-,10-,11+,12+,13+,14+/m0/s1. The van der Waals surface area contributed by atoms with Crippen LogP contribution in [-0.2, 0) is 32.2 Å². The maximum Gasteiger partial charge on any atom is 0.472 e. The summed E-state index contributed by atoms with van der Waals surface area (Å²) in [5.41, 5.74) is 12.9. The van der Waals surface area contributed by atoms with E-state index >= 15 is 0 Å². The van der Waals surface area contributed by atoms with Gasteiger partial charge in [0.25, 0.3) is 0 Å². The highest BCUT2D eigenvalue weighted by atomic mass is 31.2. The zero-order valence-electron chi connectivity index (χ0n) is 21.9. The summed E-state index contributed by atoms with van der Waals surface area (Å²) in [7, 11) is -9.86. The first-order valence-corrected chi connectivity index (χ1v) is 15.6. The van der Waals surface area contributed by atoms with Crippen LogP contribution in [0.5, 0.6) is 0 Å². The van der Waals surface area contributed by atoms with E-state index in [0.29, 0.717) is 11.2 Å². The van der Waals surface area contributed by atoms with Crippen molar-refractivity contribution in [3.8, 4) is 0 Å². The molecule has 4 aromatic rings. The number of hydrogen-bond acceptors (Lipinski definition) is 16. The number of ether oxygens (including phenoxy) is 2. The van der Waals surface area contributed by atoms with Crippen molar-refractivity contribution in [1.29, 1.82) is 0 Å². The van der Waals surface area contributed by atoms with Gasteiger partial charge in [-0.25, -0.2) is 39.0 Å². The zero-order valence-corrected chi connectivity index (χ0v) is 23.7. The van der Waals surface area contributed by atoms with Gasteiger partial charge in [-0.2, -0.15) is 0 Å². The van der Waals surface area contributed by atoms with Crippen LogP contribution in [0, 0.1) is 0 Å². The Morgan fingerprint density at radius 2 is 1.33 bits per heavy atom. The number of fused-ring (bicyclic) bond motifs is 2. The molecule has 2 fully saturated rings. The van der Waals surface area contributed by atoms with E-state index in [-0.39, 0.29) is 35.6 Å². The lowest BCUT2D eigenvalue weighted by atomic mass is 10.2. The van der Waals surface area contributed by atoms with Crippen molar-refractivity contribution in [2.24, 2.45) is 0 Å². The molecular weight excluding hydrogens is 618 g/mol. The highest BCUT2D eigenvalue weighted by molar-refractivity contribution is 7.47. The third-order valence-electron chi connectivity index (χ3n) is 6.88. The molecule has 43 heavy (non-hydrogen) atoms. The van der Waals surface area contributed by atoms with E-state index in [1.165, 1.54) is 34.4 Å². The Morgan fingerprint density at radius 1 is 0.814 bits per heavy atom. The van der Waals surface area contributed by atoms with Crippen molar-refractivity contribution < 1.29 is 52.0 Å². The number of aliphatic hydroxyl groups is 1. The molecule has 4 aromatic heterocycles. The molecule has 7 atom stereocenters. The summed E-state index contributed by atoms with van der Waals surface area (Å²) >= 11 is 0. The number of phosphoric ester groups is 2. The Hall–Kier alpha value is -3.20. The van der Waals surface area contributed by atoms with E-state index in [1.54, 1.807) is 0 Å². The number of anilines is 2. The average molecular weight is 644 g/mol. The Kier molecular flexibility index (Phi) is 7.90. The first-order valence-electron chi connectivity index (χ1n) is 12.6. The summed E-state index contributed by atoms with van der Waals surface area (Å²) in [6.45, 7) is -1.22. The van der Waals surface area contributed by atoms with Gasteiger partial charge in [0, 0.05) is 12.8 Å². The molecule has 2 aliphatic heterocycles. The molecule has 232 valence electrons. The molecule has 0 aromatic carbocycles. The predicted octanol–water partition coefficient (Wildman–Crippen LogP) is -0.622. The van der Waals surface area contributed by atoms with Crippen LogP contribution in [0.15, 0.2) is 25.3 Å². The first-order chi connectivity index (χ1) is 20.4. The van der Waals surface area contributed by atoms with Gasteiger partial charge < -0.3 is 40.7 Å². The molecule has 8 N–H and O–H groups in total. The van der Waals surface area contributed by atoms with Crippen LogP contribution < -0.4 is 11.5 Å². The third kappa shape index (κ3) is 6.10. The minimum absolute atomic E-state index is 0.000852. The second-order valence-corrected chi connectivity index (χ2v) is 12.2. The summed E-state index contributed by atoms with van der Waals surface area (Å²) in [4.78, 5) is 53.7. The number of aliphatic hydroxyl groups excluding tert-OH is 1. The van der Waals surface area contributed by atoms with Crippen LogP contribution in [0.1, 0.15) is 25.3 Å². The molecule has 6 rings (SSSR count). The van der Waals surface area contributed by atoms with Crippen LogP contribution in [0.25, 0.3) is 22.3 Å². The minimum atomic E-state index is -5.00. The molecule has 0 saturated carbocycles. The lowest BCUT2D eigenvalue weighted by Gasteiger charge is -2.23. The molecule has 0 aliphatic carbocycles. The second kappa shape index (κ2) is 11.4. The van der Waals surface area contributed by atoms with Crippen molar-refractivity contribution in [3.63, 3.8) is 0 Å². The van der Waals surface area contributed by atoms with E-state index in [1.807, 2.05) is 0 Å². The minimum Gasteiger partial charge on any atom is -0.394 e. The number of nitrogens with zero attached hydrogens (tertiary/aromatic N) is 8. The summed E-state index contributed by atoms with van der Waals surface area (Å²) in [6, 6.07) is 0. The average Bonchev–Trinajstić information content (AvgIpc) is 3.72. The van der Waals surface area contributed by atoms with Gasteiger partial charge in [-0.1, -0.05) is 0 Å². The van der Waals surface area contributed by atoms with Crippen LogP contribution >= 0.6 is 15.6 Å². The summed E-state index contributed by atoms with van der Waals surface area (Å²) in [5.74, 6) is 0.263. The van der Waals surface area contributed by atoms with Gasteiger partial charge >= 0.3 is 15.6 Å². The van der Waals surface area contributed by atoms with Crippen LogP contribution in [0.4, 0.5) is 11.6 Å². The molecule has 0 spiro atoms. The maximum atomic E-state index is 13.0. The molecule has 21 nitrogen and oxygen atoms in total. The molecule has 2 aliphatic rings. The largest absolute Gasteiger partial charge is 0.472 e. The summed E-state index contributed by atoms with van der Waals surface area (Å²) < 4.78 is 54.7. The number of hydrogen-bond donors (Lipinski definition) is 6. The fraction of sp³-hybridized carbons (Fsp3) is 0.500. The van der Waals surface area contributed by atoms with E-state index in [2.05, 4.69) is 29.9 Å². The normalized spacial score (nSPS) is 27.7. The number of aromatic nitrogens is 8. The van der Waals surface area contributed by atoms with Crippen molar-refractivity contribution in [3.05, 3.63) is 25.3 Å². The smallest absolute Gasteiger partial charge is 0.394 e. The van der Waals surface area contributed by atoms with Crippen molar-refractivity contribution in [2.75, 3.05) is 24.7 Å². The number of phosphoric acid groups is 2. The van der Waals surface area contributed by atoms with Gasteiger partial charge in [-0.15, -0.1) is 0 Å². The van der Waals surface area contributed by atoms with Crippen LogP contribution in [-0.4, -0.2) is 96.5 Å². The summed E-state index contributed by atoms with van der Waals surface area (Å²) in [6.07, 6.45) is -1.21. The van der Waals surface area contributed by atoms with E-state index in [9.17, 15) is 28.9 Å². The molecule has 0 bridgehead atoms. The van der Waals surface area contributed by atoms with E-state index in [0.717, 1.165) is 0 Å². The lowest BCUT2D eigenvalue weighted by molar-refractivity contribution is -0.0549. The predicted molar refractivity (Wildman–Crippen MR) is 141 cm³/mol. The first kappa shape index (κ1) is 29.9. The Labute approximate surface area is 240 Å². The number of rotatable bonds is 10. The van der Waals surface area contributed by atoms with Gasteiger partial charge in [0.1, 0.15) is 60.6 Å². The highest BCUT2D eigenvalue weighted by Crippen LogP contribution is 2.50. The van der Waals surface area contributed by atoms with Gasteiger partial charge in [0.15, 0.2) is 22.9 Å². The summed E-state index contributed by atoms with van der Waals surface area (Å²) in [5, 5.41) is 9.84. The molecule has 0 amide bonds. The second-order valence-electron chi connectivity index (χ2n) is 9.62. The molecule has 0 radical (unpaired) electrons. The fourth-order valence-corrected chi connectivity index (χ4v) is 6.52. The number of nitrogen functional groups attached to an aromatic ring is 2. The van der Waals surface area contributed by atoms with Crippen LogP contribution in [0.2, 0.25) is 0 Å². The van der Waals surface area contributed by atoms with Gasteiger partial charge in [0.2, 0.25) is 0 Å². The van der Waals surface area contributed by atoms with E-state index < -0.39 is 65.7 Å². The maximum absolute atomic E-state index is 13.0. The van der Waals surface area contributed by atoms with Crippen molar-refractivity contribution in [2.45, 2.75) is 49.7 Å². The third-order valence-corrected chi connectivity index (χ3v) is 8.44. The molecule has 6 heterocycles. The quantitative estimate of drug-likeness (QED) is 0.117. The number of nitrogens with two attached hydrogens (primary N) is 2. The van der Waals surface area contributed by atoms with E-state index in [4.69, 9.17) is 34.5 Å². The van der Waals surface area contributed by atoms with Crippen molar-refractivity contribution >= 4 is 49.6 Å². The zero-order chi connectivity index (χ0) is 30.5. The Bertz CT molecular complexity index is 1730. The molecular formula is C20H26N10O11P2. The SMILES string of the molecule is Nc1ncnc2c1ncn2[C@H]1C[C@H](OP(=O)(O)O)[C@@H](COP(=O)(O)O[C@H]2C[C@H](n3cnc4c(N)ncnc43)O[C@@H]2CO)O1. The number of imidazole rings is 2. The van der Waals surface area contributed by atoms with Crippen molar-refractivity contribution in [1.82, 2.24) is 39.0 Å². The fourth-order valence-electron chi connectivity index (χ4n) is 4.99.